The van der Waals surface area contributed by atoms with Crippen LogP contribution < -0.4 is 4.72 Å². The van der Waals surface area contributed by atoms with Crippen LogP contribution in [-0.4, -0.2) is 20.1 Å². The van der Waals surface area contributed by atoms with Crippen LogP contribution in [-0.2, 0) is 23.0 Å². The van der Waals surface area contributed by atoms with E-state index in [1.54, 1.807) is 11.3 Å². The molecule has 0 saturated heterocycles. The van der Waals surface area contributed by atoms with Crippen molar-refractivity contribution in [2.24, 2.45) is 0 Å². The van der Waals surface area contributed by atoms with E-state index in [0.29, 0.717) is 6.54 Å². The predicted octanol–water partition coefficient (Wildman–Crippen LogP) is 1.97. The first-order chi connectivity index (χ1) is 7.09. The summed E-state index contributed by atoms with van der Waals surface area (Å²) in [5.74, 6) is 0.0990. The van der Waals surface area contributed by atoms with E-state index >= 15 is 0 Å². The van der Waals surface area contributed by atoms with Gasteiger partial charge in [0.2, 0.25) is 10.0 Å². The third-order valence-electron chi connectivity index (χ3n) is 2.02. The molecular formula is C9H14ClNO2S2. The summed E-state index contributed by atoms with van der Waals surface area (Å²) in [4.78, 5) is 1.08. The van der Waals surface area contributed by atoms with Crippen molar-refractivity contribution in [3.05, 3.63) is 21.9 Å². The molecule has 0 aliphatic rings. The minimum Gasteiger partial charge on any atom is -0.212 e. The van der Waals surface area contributed by atoms with Crippen LogP contribution in [0.1, 0.15) is 17.4 Å². The van der Waals surface area contributed by atoms with Crippen molar-refractivity contribution in [1.82, 2.24) is 4.72 Å². The molecule has 1 aromatic rings. The van der Waals surface area contributed by atoms with Crippen LogP contribution in [0.25, 0.3) is 0 Å². The number of hydrogen-bond acceptors (Lipinski definition) is 3. The van der Waals surface area contributed by atoms with E-state index in [4.69, 9.17) is 11.6 Å². The Balaban J connectivity index is 2.57. The zero-order chi connectivity index (χ0) is 11.3. The van der Waals surface area contributed by atoms with Crippen LogP contribution in [0.4, 0.5) is 0 Å². The van der Waals surface area contributed by atoms with Gasteiger partial charge in [0.1, 0.15) is 0 Å². The van der Waals surface area contributed by atoms with Gasteiger partial charge in [-0.1, -0.05) is 6.92 Å². The number of rotatable bonds is 6. The normalized spacial score (nSPS) is 11.9. The molecule has 0 fully saturated rings. The Kier molecular flexibility index (Phi) is 5.05. The van der Waals surface area contributed by atoms with Gasteiger partial charge < -0.3 is 0 Å². The fraction of sp³-hybridized carbons (Fsp3) is 0.556. The summed E-state index contributed by atoms with van der Waals surface area (Å²) in [6.07, 6.45) is 0.927. The molecule has 3 nitrogen and oxygen atoms in total. The monoisotopic (exact) mass is 267 g/mol. The van der Waals surface area contributed by atoms with Crippen LogP contribution >= 0.6 is 22.9 Å². The lowest BCUT2D eigenvalue weighted by Crippen LogP contribution is -2.26. The molecule has 0 saturated carbocycles. The van der Waals surface area contributed by atoms with Crippen molar-refractivity contribution < 1.29 is 8.42 Å². The zero-order valence-corrected chi connectivity index (χ0v) is 10.9. The van der Waals surface area contributed by atoms with Crippen molar-refractivity contribution in [1.29, 1.82) is 0 Å². The average Bonchev–Trinajstić information content (AvgIpc) is 2.62. The summed E-state index contributed by atoms with van der Waals surface area (Å²) in [7, 11) is -3.21. The van der Waals surface area contributed by atoms with Crippen molar-refractivity contribution in [2.45, 2.75) is 19.9 Å². The van der Waals surface area contributed by atoms with Crippen LogP contribution in [0.2, 0.25) is 0 Å². The lowest BCUT2D eigenvalue weighted by atomic mass is 10.2. The van der Waals surface area contributed by atoms with Gasteiger partial charge in [0.05, 0.1) is 5.75 Å². The first kappa shape index (κ1) is 13.0. The summed E-state index contributed by atoms with van der Waals surface area (Å²) < 4.78 is 25.2. The highest BCUT2D eigenvalue weighted by Crippen LogP contribution is 2.17. The maximum Gasteiger partial charge on any atom is 0.213 e. The summed E-state index contributed by atoms with van der Waals surface area (Å²) in [5, 5.41) is 1.98. The highest BCUT2D eigenvalue weighted by molar-refractivity contribution is 7.89. The van der Waals surface area contributed by atoms with Crippen molar-refractivity contribution in [3.63, 3.8) is 0 Å². The molecule has 0 unspecified atom stereocenters. The number of halogens is 1. The smallest absolute Gasteiger partial charge is 0.212 e. The Morgan fingerprint density at radius 3 is 2.87 bits per heavy atom. The van der Waals surface area contributed by atoms with Gasteiger partial charge in [-0.15, -0.1) is 22.9 Å². The van der Waals surface area contributed by atoms with Gasteiger partial charge in [-0.25, -0.2) is 13.1 Å². The Bertz CT molecular complexity index is 400. The quantitative estimate of drug-likeness (QED) is 0.801. The van der Waals surface area contributed by atoms with Gasteiger partial charge in [-0.3, -0.25) is 0 Å². The summed E-state index contributed by atoms with van der Waals surface area (Å²) >= 11 is 6.96. The Hall–Kier alpha value is -0.100. The Morgan fingerprint density at radius 1 is 1.53 bits per heavy atom. The minimum atomic E-state index is -3.21. The molecule has 0 aromatic carbocycles. The van der Waals surface area contributed by atoms with Crippen molar-refractivity contribution in [3.8, 4) is 0 Å². The van der Waals surface area contributed by atoms with E-state index in [9.17, 15) is 8.42 Å². The molecule has 6 heteroatoms. The zero-order valence-electron chi connectivity index (χ0n) is 8.49. The van der Waals surface area contributed by atoms with E-state index in [1.807, 2.05) is 11.4 Å². The molecule has 0 radical (unpaired) electrons. The molecule has 86 valence electrons. The summed E-state index contributed by atoms with van der Waals surface area (Å²) in [6.45, 7) is 2.43. The predicted molar refractivity (Wildman–Crippen MR) is 65.0 cm³/mol. The van der Waals surface area contributed by atoms with Gasteiger partial charge in [0.25, 0.3) is 0 Å². The molecule has 0 aliphatic carbocycles. The largest absolute Gasteiger partial charge is 0.213 e. The standard InChI is InChI=1S/C9H14ClNO2S2/c1-2-8-3-5-14-9(8)7-11-15(12,13)6-4-10/h3,5,11H,2,4,6-7H2,1H3. The third-order valence-corrected chi connectivity index (χ3v) is 4.72. The molecule has 0 aliphatic heterocycles. The van der Waals surface area contributed by atoms with E-state index in [1.165, 1.54) is 5.56 Å². The molecular weight excluding hydrogens is 254 g/mol. The lowest BCUT2D eigenvalue weighted by Gasteiger charge is -2.04. The maximum atomic E-state index is 11.3. The second-order valence-corrected chi connectivity index (χ2v) is 6.36. The highest BCUT2D eigenvalue weighted by Gasteiger charge is 2.10. The number of hydrogen-bond donors (Lipinski definition) is 1. The fourth-order valence-electron chi connectivity index (χ4n) is 1.19. The number of nitrogens with one attached hydrogen (secondary N) is 1. The Labute approximate surface area is 99.5 Å². The van der Waals surface area contributed by atoms with E-state index < -0.39 is 10.0 Å². The van der Waals surface area contributed by atoms with Crippen molar-refractivity contribution in [2.75, 3.05) is 11.6 Å². The molecule has 1 aromatic heterocycles. The molecule has 0 spiro atoms. The molecule has 0 atom stereocenters. The number of alkyl halides is 1. The fourth-order valence-corrected chi connectivity index (χ4v) is 3.51. The second kappa shape index (κ2) is 5.84. The van der Waals surface area contributed by atoms with Crippen LogP contribution in [0.3, 0.4) is 0 Å². The number of thiophene rings is 1. The Morgan fingerprint density at radius 2 is 2.27 bits per heavy atom. The topological polar surface area (TPSA) is 46.2 Å². The van der Waals surface area contributed by atoms with Gasteiger partial charge in [-0.05, 0) is 23.4 Å². The molecule has 0 amide bonds. The highest BCUT2D eigenvalue weighted by atomic mass is 35.5. The van der Waals surface area contributed by atoms with Gasteiger partial charge in [-0.2, -0.15) is 0 Å². The average molecular weight is 268 g/mol. The first-order valence-corrected chi connectivity index (χ1v) is 7.74. The maximum absolute atomic E-state index is 11.3. The first-order valence-electron chi connectivity index (χ1n) is 4.67. The van der Waals surface area contributed by atoms with Crippen LogP contribution in [0, 0.1) is 0 Å². The van der Waals surface area contributed by atoms with Crippen LogP contribution in [0.5, 0.6) is 0 Å². The SMILES string of the molecule is CCc1ccsc1CNS(=O)(=O)CCCl. The number of sulfonamides is 1. The molecule has 1 heterocycles. The third kappa shape index (κ3) is 4.10. The van der Waals surface area contributed by atoms with Crippen molar-refractivity contribution >= 4 is 33.0 Å². The summed E-state index contributed by atoms with van der Waals surface area (Å²) in [6, 6.07) is 2.02. The van der Waals surface area contributed by atoms with Gasteiger partial charge in [0, 0.05) is 17.3 Å². The van der Waals surface area contributed by atoms with Gasteiger partial charge >= 0.3 is 0 Å². The van der Waals surface area contributed by atoms with E-state index in [2.05, 4.69) is 11.6 Å². The van der Waals surface area contributed by atoms with Crippen LogP contribution in [0.15, 0.2) is 11.4 Å². The molecule has 1 N–H and O–H groups in total. The summed E-state index contributed by atoms with van der Waals surface area (Å²) in [5.41, 5.74) is 1.20. The molecule has 15 heavy (non-hydrogen) atoms. The minimum absolute atomic E-state index is 0.0264. The molecule has 1 rings (SSSR count). The lowest BCUT2D eigenvalue weighted by molar-refractivity contribution is 0.583. The van der Waals surface area contributed by atoms with E-state index in [-0.39, 0.29) is 11.6 Å². The van der Waals surface area contributed by atoms with E-state index in [0.717, 1.165) is 11.3 Å². The second-order valence-electron chi connectivity index (χ2n) is 3.05. The molecule has 0 bridgehead atoms. The number of aryl methyl sites for hydroxylation is 1. The van der Waals surface area contributed by atoms with Gasteiger partial charge in [0.15, 0.2) is 0 Å².